The number of fused-ring (bicyclic) bond motifs is 1. The van der Waals surface area contributed by atoms with E-state index in [0.29, 0.717) is 13.0 Å². The summed E-state index contributed by atoms with van der Waals surface area (Å²) in [7, 11) is 0. The molecule has 0 bridgehead atoms. The van der Waals surface area contributed by atoms with Crippen LogP contribution in [-0.2, 0) is 13.0 Å². The minimum Gasteiger partial charge on any atom is -0.478 e. The molecule has 5 nitrogen and oxygen atoms in total. The number of carboxylic acid groups (broad SMARTS) is 1. The van der Waals surface area contributed by atoms with E-state index < -0.39 is 5.97 Å². The Morgan fingerprint density at radius 2 is 2.43 bits per heavy atom. The summed E-state index contributed by atoms with van der Waals surface area (Å²) in [4.78, 5) is 14.8. The SMILES string of the molecule is Nc1ncc2c(c1C(=O)O)CCNC2. The van der Waals surface area contributed by atoms with Crippen LogP contribution in [0, 0.1) is 0 Å². The van der Waals surface area contributed by atoms with Gasteiger partial charge in [-0.3, -0.25) is 0 Å². The van der Waals surface area contributed by atoms with Gasteiger partial charge in [0.1, 0.15) is 11.4 Å². The maximum Gasteiger partial charge on any atom is 0.339 e. The van der Waals surface area contributed by atoms with E-state index in [1.807, 2.05) is 0 Å². The van der Waals surface area contributed by atoms with Gasteiger partial charge in [-0.05, 0) is 24.1 Å². The van der Waals surface area contributed by atoms with Crippen LogP contribution < -0.4 is 11.1 Å². The zero-order chi connectivity index (χ0) is 10.1. The number of hydrogen-bond donors (Lipinski definition) is 3. The number of aromatic nitrogens is 1. The van der Waals surface area contributed by atoms with Crippen LogP contribution in [0.5, 0.6) is 0 Å². The fraction of sp³-hybridized carbons (Fsp3) is 0.333. The normalized spacial score (nSPS) is 14.9. The van der Waals surface area contributed by atoms with Gasteiger partial charge in [0.25, 0.3) is 0 Å². The number of anilines is 1. The van der Waals surface area contributed by atoms with Gasteiger partial charge in [-0.2, -0.15) is 0 Å². The topological polar surface area (TPSA) is 88.2 Å². The maximum absolute atomic E-state index is 11.0. The highest BCUT2D eigenvalue weighted by molar-refractivity contribution is 5.94. The smallest absolute Gasteiger partial charge is 0.339 e. The Bertz CT molecular complexity index is 390. The summed E-state index contributed by atoms with van der Waals surface area (Å²) in [6, 6.07) is 0. The largest absolute Gasteiger partial charge is 0.478 e. The first kappa shape index (κ1) is 8.96. The van der Waals surface area contributed by atoms with E-state index in [1.165, 1.54) is 0 Å². The molecule has 0 spiro atoms. The standard InChI is InChI=1S/C9H11N3O2/c10-8-7(9(13)14)6-1-2-11-3-5(6)4-12-8/h4,11H,1-3H2,(H2,10,12)(H,13,14). The summed E-state index contributed by atoms with van der Waals surface area (Å²) in [5.41, 5.74) is 7.46. The molecular weight excluding hydrogens is 182 g/mol. The molecule has 0 atom stereocenters. The molecule has 2 heterocycles. The van der Waals surface area contributed by atoms with Gasteiger partial charge in [-0.25, -0.2) is 9.78 Å². The molecule has 4 N–H and O–H groups in total. The molecule has 0 unspecified atom stereocenters. The quantitative estimate of drug-likeness (QED) is 0.584. The highest BCUT2D eigenvalue weighted by Gasteiger charge is 2.20. The van der Waals surface area contributed by atoms with E-state index in [2.05, 4.69) is 10.3 Å². The Labute approximate surface area is 81.0 Å². The lowest BCUT2D eigenvalue weighted by Gasteiger charge is -2.19. The van der Waals surface area contributed by atoms with Crippen LogP contribution in [0.2, 0.25) is 0 Å². The number of nitrogens with zero attached hydrogens (tertiary/aromatic N) is 1. The van der Waals surface area contributed by atoms with Crippen molar-refractivity contribution in [2.75, 3.05) is 12.3 Å². The number of nitrogens with one attached hydrogen (secondary N) is 1. The van der Waals surface area contributed by atoms with Crippen LogP contribution in [0.4, 0.5) is 5.82 Å². The van der Waals surface area contributed by atoms with Gasteiger partial charge in [0, 0.05) is 12.7 Å². The number of pyridine rings is 1. The highest BCUT2D eigenvalue weighted by Crippen LogP contribution is 2.21. The molecule has 0 saturated carbocycles. The fourth-order valence-electron chi connectivity index (χ4n) is 1.72. The second-order valence-electron chi connectivity index (χ2n) is 3.25. The summed E-state index contributed by atoms with van der Waals surface area (Å²) in [6.07, 6.45) is 2.34. The van der Waals surface area contributed by atoms with Gasteiger partial charge in [0.15, 0.2) is 0 Å². The van der Waals surface area contributed by atoms with E-state index in [-0.39, 0.29) is 11.4 Å². The third-order valence-electron chi connectivity index (χ3n) is 2.39. The van der Waals surface area contributed by atoms with Crippen LogP contribution in [-0.4, -0.2) is 22.6 Å². The van der Waals surface area contributed by atoms with Crippen molar-refractivity contribution in [3.8, 4) is 0 Å². The first-order chi connectivity index (χ1) is 6.70. The maximum atomic E-state index is 11.0. The van der Waals surface area contributed by atoms with E-state index in [1.54, 1.807) is 6.20 Å². The molecule has 0 fully saturated rings. The lowest BCUT2D eigenvalue weighted by Crippen LogP contribution is -2.26. The molecule has 0 amide bonds. The molecule has 1 aromatic heterocycles. The van der Waals surface area contributed by atoms with Crippen LogP contribution in [0.3, 0.4) is 0 Å². The number of carboxylic acids is 1. The second-order valence-corrected chi connectivity index (χ2v) is 3.25. The molecule has 1 aliphatic heterocycles. The zero-order valence-electron chi connectivity index (χ0n) is 7.58. The van der Waals surface area contributed by atoms with E-state index in [0.717, 1.165) is 17.7 Å². The molecular formula is C9H11N3O2. The van der Waals surface area contributed by atoms with E-state index in [4.69, 9.17) is 10.8 Å². The van der Waals surface area contributed by atoms with Gasteiger partial charge in [-0.15, -0.1) is 0 Å². The zero-order valence-corrected chi connectivity index (χ0v) is 7.58. The van der Waals surface area contributed by atoms with Crippen LogP contribution in [0.15, 0.2) is 6.20 Å². The summed E-state index contributed by atoms with van der Waals surface area (Å²) in [6.45, 7) is 1.46. The first-order valence-electron chi connectivity index (χ1n) is 4.40. The van der Waals surface area contributed by atoms with E-state index >= 15 is 0 Å². The number of rotatable bonds is 1. The van der Waals surface area contributed by atoms with E-state index in [9.17, 15) is 4.79 Å². The number of nitrogens with two attached hydrogens (primary N) is 1. The van der Waals surface area contributed by atoms with Crippen molar-refractivity contribution in [3.63, 3.8) is 0 Å². The number of aromatic carboxylic acids is 1. The van der Waals surface area contributed by atoms with Crippen molar-refractivity contribution in [3.05, 3.63) is 22.9 Å². The van der Waals surface area contributed by atoms with Gasteiger partial charge in [0.05, 0.1) is 0 Å². The van der Waals surface area contributed by atoms with Crippen LogP contribution in [0.1, 0.15) is 21.5 Å². The average molecular weight is 193 g/mol. The molecule has 2 rings (SSSR count). The van der Waals surface area contributed by atoms with Crippen molar-refractivity contribution >= 4 is 11.8 Å². The van der Waals surface area contributed by atoms with Crippen molar-refractivity contribution in [2.45, 2.75) is 13.0 Å². The fourth-order valence-corrected chi connectivity index (χ4v) is 1.72. The molecule has 0 radical (unpaired) electrons. The highest BCUT2D eigenvalue weighted by atomic mass is 16.4. The first-order valence-corrected chi connectivity index (χ1v) is 4.40. The Hall–Kier alpha value is -1.62. The van der Waals surface area contributed by atoms with Crippen molar-refractivity contribution < 1.29 is 9.90 Å². The molecule has 5 heteroatoms. The number of hydrogen-bond acceptors (Lipinski definition) is 4. The average Bonchev–Trinajstić information content (AvgIpc) is 2.17. The molecule has 1 aromatic rings. The van der Waals surface area contributed by atoms with Gasteiger partial charge in [-0.1, -0.05) is 0 Å². The molecule has 0 aromatic carbocycles. The summed E-state index contributed by atoms with van der Waals surface area (Å²) < 4.78 is 0. The van der Waals surface area contributed by atoms with Gasteiger partial charge < -0.3 is 16.2 Å². The Morgan fingerprint density at radius 3 is 3.14 bits per heavy atom. The van der Waals surface area contributed by atoms with Crippen molar-refractivity contribution in [1.82, 2.24) is 10.3 Å². The summed E-state index contributed by atoms with van der Waals surface area (Å²) in [5, 5.41) is 12.1. The van der Waals surface area contributed by atoms with Crippen molar-refractivity contribution in [2.24, 2.45) is 0 Å². The van der Waals surface area contributed by atoms with Crippen molar-refractivity contribution in [1.29, 1.82) is 0 Å². The molecule has 74 valence electrons. The lowest BCUT2D eigenvalue weighted by atomic mass is 9.97. The predicted octanol–water partition coefficient (Wildman–Crippen LogP) is 0.00770. The number of nitrogen functional groups attached to an aromatic ring is 1. The minimum absolute atomic E-state index is 0.109. The summed E-state index contributed by atoms with van der Waals surface area (Å²) >= 11 is 0. The van der Waals surface area contributed by atoms with Crippen LogP contribution in [0.25, 0.3) is 0 Å². The third-order valence-corrected chi connectivity index (χ3v) is 2.39. The molecule has 1 aliphatic rings. The Kier molecular flexibility index (Phi) is 2.09. The monoisotopic (exact) mass is 193 g/mol. The third kappa shape index (κ3) is 1.31. The van der Waals surface area contributed by atoms with Crippen LogP contribution >= 0.6 is 0 Å². The number of carbonyl (C=O) groups is 1. The second kappa shape index (κ2) is 3.26. The lowest BCUT2D eigenvalue weighted by molar-refractivity contribution is 0.0696. The Balaban J connectivity index is 2.60. The summed E-state index contributed by atoms with van der Waals surface area (Å²) in [5.74, 6) is -0.882. The molecule has 0 saturated heterocycles. The minimum atomic E-state index is -0.992. The molecule has 0 aliphatic carbocycles. The Morgan fingerprint density at radius 1 is 1.64 bits per heavy atom. The predicted molar refractivity (Wildman–Crippen MR) is 51.0 cm³/mol. The molecule has 14 heavy (non-hydrogen) atoms. The van der Waals surface area contributed by atoms with Gasteiger partial charge in [0.2, 0.25) is 0 Å². The van der Waals surface area contributed by atoms with Gasteiger partial charge >= 0.3 is 5.97 Å².